The SMILES string of the molecule is CCc1ccc(S(=O)(=O)Nc2cccc(F)c2)cc1CN. The van der Waals surface area contributed by atoms with Gasteiger partial charge in [0.25, 0.3) is 10.0 Å². The molecule has 112 valence electrons. The largest absolute Gasteiger partial charge is 0.326 e. The molecule has 0 aliphatic heterocycles. The molecule has 0 aliphatic carbocycles. The Labute approximate surface area is 123 Å². The summed E-state index contributed by atoms with van der Waals surface area (Å²) in [5.74, 6) is -0.501. The first-order valence-corrected chi connectivity index (χ1v) is 8.05. The summed E-state index contributed by atoms with van der Waals surface area (Å²) in [7, 11) is -3.76. The highest BCUT2D eigenvalue weighted by atomic mass is 32.2. The van der Waals surface area contributed by atoms with Crippen LogP contribution in [0.4, 0.5) is 10.1 Å². The van der Waals surface area contributed by atoms with Crippen LogP contribution in [-0.4, -0.2) is 8.42 Å². The predicted molar refractivity (Wildman–Crippen MR) is 80.9 cm³/mol. The van der Waals surface area contributed by atoms with Crippen LogP contribution in [0.15, 0.2) is 47.4 Å². The van der Waals surface area contributed by atoms with Crippen molar-refractivity contribution < 1.29 is 12.8 Å². The summed E-state index contributed by atoms with van der Waals surface area (Å²) in [6, 6.07) is 10.1. The minimum absolute atomic E-state index is 0.115. The number of rotatable bonds is 5. The van der Waals surface area contributed by atoms with E-state index in [0.717, 1.165) is 23.6 Å². The van der Waals surface area contributed by atoms with Gasteiger partial charge in [0, 0.05) is 6.54 Å². The van der Waals surface area contributed by atoms with Crippen LogP contribution in [-0.2, 0) is 23.0 Å². The molecule has 4 nitrogen and oxygen atoms in total. The van der Waals surface area contributed by atoms with Gasteiger partial charge in [0.15, 0.2) is 0 Å². The van der Waals surface area contributed by atoms with E-state index in [-0.39, 0.29) is 17.1 Å². The van der Waals surface area contributed by atoms with Crippen molar-refractivity contribution in [2.75, 3.05) is 4.72 Å². The quantitative estimate of drug-likeness (QED) is 0.892. The maximum atomic E-state index is 13.1. The molecular weight excluding hydrogens is 291 g/mol. The fourth-order valence-corrected chi connectivity index (χ4v) is 3.17. The van der Waals surface area contributed by atoms with Gasteiger partial charge in [-0.15, -0.1) is 0 Å². The normalized spacial score (nSPS) is 11.4. The van der Waals surface area contributed by atoms with E-state index in [1.54, 1.807) is 12.1 Å². The number of anilines is 1. The van der Waals surface area contributed by atoms with E-state index in [2.05, 4.69) is 4.72 Å². The summed E-state index contributed by atoms with van der Waals surface area (Å²) < 4.78 is 40.1. The molecule has 0 fully saturated rings. The standard InChI is InChI=1S/C15H17FN2O2S/c1-2-11-6-7-15(8-12(11)10-17)21(19,20)18-14-5-3-4-13(16)9-14/h3-9,18H,2,10,17H2,1H3. The average Bonchev–Trinajstić information content (AvgIpc) is 2.46. The third-order valence-electron chi connectivity index (χ3n) is 3.17. The number of hydrogen-bond donors (Lipinski definition) is 2. The second kappa shape index (κ2) is 6.24. The van der Waals surface area contributed by atoms with Gasteiger partial charge < -0.3 is 5.73 Å². The predicted octanol–water partition coefficient (Wildman–Crippen LogP) is 2.65. The Kier molecular flexibility index (Phi) is 4.59. The molecule has 0 bridgehead atoms. The van der Waals surface area contributed by atoms with Crippen molar-refractivity contribution in [2.45, 2.75) is 24.8 Å². The monoisotopic (exact) mass is 308 g/mol. The molecule has 0 amide bonds. The molecule has 21 heavy (non-hydrogen) atoms. The molecule has 3 N–H and O–H groups in total. The van der Waals surface area contributed by atoms with Gasteiger partial charge in [-0.25, -0.2) is 12.8 Å². The van der Waals surface area contributed by atoms with Crippen molar-refractivity contribution in [3.05, 3.63) is 59.4 Å². The topological polar surface area (TPSA) is 72.2 Å². The minimum Gasteiger partial charge on any atom is -0.326 e. The van der Waals surface area contributed by atoms with E-state index in [9.17, 15) is 12.8 Å². The summed E-state index contributed by atoms with van der Waals surface area (Å²) >= 11 is 0. The lowest BCUT2D eigenvalue weighted by Crippen LogP contribution is -2.14. The molecular formula is C15H17FN2O2S. The molecule has 0 radical (unpaired) electrons. The molecule has 0 unspecified atom stereocenters. The van der Waals surface area contributed by atoms with Crippen LogP contribution < -0.4 is 10.5 Å². The number of nitrogens with two attached hydrogens (primary N) is 1. The van der Waals surface area contributed by atoms with Crippen LogP contribution in [0.3, 0.4) is 0 Å². The molecule has 0 spiro atoms. The zero-order chi connectivity index (χ0) is 15.5. The van der Waals surface area contributed by atoms with Gasteiger partial charge in [0.2, 0.25) is 0 Å². The van der Waals surface area contributed by atoms with Crippen LogP contribution in [0.1, 0.15) is 18.1 Å². The molecule has 6 heteroatoms. The van der Waals surface area contributed by atoms with Crippen LogP contribution in [0.2, 0.25) is 0 Å². The molecule has 2 rings (SSSR count). The van der Waals surface area contributed by atoms with Crippen LogP contribution in [0.25, 0.3) is 0 Å². The lowest BCUT2D eigenvalue weighted by Gasteiger charge is -2.11. The van der Waals surface area contributed by atoms with Gasteiger partial charge in [-0.05, 0) is 47.9 Å². The van der Waals surface area contributed by atoms with Gasteiger partial charge >= 0.3 is 0 Å². The summed E-state index contributed by atoms with van der Waals surface area (Å²) in [5, 5.41) is 0. The summed E-state index contributed by atoms with van der Waals surface area (Å²) in [5.41, 5.74) is 7.64. The Bertz CT molecular complexity index is 745. The van der Waals surface area contributed by atoms with Gasteiger partial charge in [0.05, 0.1) is 10.6 Å². The molecule has 0 aromatic heterocycles. The fourth-order valence-electron chi connectivity index (χ4n) is 2.07. The van der Waals surface area contributed by atoms with E-state index < -0.39 is 15.8 Å². The Morgan fingerprint density at radius 1 is 1.14 bits per heavy atom. The Morgan fingerprint density at radius 3 is 2.52 bits per heavy atom. The molecule has 0 saturated carbocycles. The Hall–Kier alpha value is -1.92. The average molecular weight is 308 g/mol. The van der Waals surface area contributed by atoms with Gasteiger partial charge in [0.1, 0.15) is 5.82 Å². The number of halogens is 1. The first-order valence-electron chi connectivity index (χ1n) is 6.56. The first kappa shape index (κ1) is 15.5. The van der Waals surface area contributed by atoms with Crippen LogP contribution >= 0.6 is 0 Å². The van der Waals surface area contributed by atoms with Gasteiger partial charge in [-0.3, -0.25) is 4.72 Å². The second-order valence-electron chi connectivity index (χ2n) is 4.60. The van der Waals surface area contributed by atoms with E-state index >= 15 is 0 Å². The summed E-state index contributed by atoms with van der Waals surface area (Å²) in [6.07, 6.45) is 0.782. The Morgan fingerprint density at radius 2 is 1.90 bits per heavy atom. The molecule has 0 atom stereocenters. The Balaban J connectivity index is 2.35. The van der Waals surface area contributed by atoms with E-state index in [1.807, 2.05) is 6.92 Å². The molecule has 0 aliphatic rings. The number of sulfonamides is 1. The zero-order valence-corrected chi connectivity index (χ0v) is 12.5. The van der Waals surface area contributed by atoms with Gasteiger partial charge in [-0.2, -0.15) is 0 Å². The van der Waals surface area contributed by atoms with Crippen molar-refractivity contribution in [1.82, 2.24) is 0 Å². The van der Waals surface area contributed by atoms with E-state index in [1.165, 1.54) is 24.3 Å². The van der Waals surface area contributed by atoms with Crippen molar-refractivity contribution in [3.8, 4) is 0 Å². The van der Waals surface area contributed by atoms with Crippen LogP contribution in [0, 0.1) is 5.82 Å². The number of aryl methyl sites for hydroxylation is 1. The molecule has 0 saturated heterocycles. The zero-order valence-electron chi connectivity index (χ0n) is 11.6. The summed E-state index contributed by atoms with van der Waals surface area (Å²) in [6.45, 7) is 2.25. The van der Waals surface area contributed by atoms with Crippen molar-refractivity contribution in [1.29, 1.82) is 0 Å². The number of nitrogens with one attached hydrogen (secondary N) is 1. The highest BCUT2D eigenvalue weighted by Gasteiger charge is 2.16. The lowest BCUT2D eigenvalue weighted by atomic mass is 10.1. The van der Waals surface area contributed by atoms with Crippen molar-refractivity contribution >= 4 is 15.7 Å². The third-order valence-corrected chi connectivity index (χ3v) is 4.54. The first-order chi connectivity index (χ1) is 9.96. The second-order valence-corrected chi connectivity index (χ2v) is 6.29. The molecule has 2 aromatic carbocycles. The highest BCUT2D eigenvalue weighted by Crippen LogP contribution is 2.20. The molecule has 2 aromatic rings. The number of hydrogen-bond acceptors (Lipinski definition) is 3. The van der Waals surface area contributed by atoms with Crippen LogP contribution in [0.5, 0.6) is 0 Å². The minimum atomic E-state index is -3.76. The smallest absolute Gasteiger partial charge is 0.261 e. The highest BCUT2D eigenvalue weighted by molar-refractivity contribution is 7.92. The van der Waals surface area contributed by atoms with Crippen molar-refractivity contribution in [3.63, 3.8) is 0 Å². The van der Waals surface area contributed by atoms with E-state index in [4.69, 9.17) is 5.73 Å². The van der Waals surface area contributed by atoms with E-state index in [0.29, 0.717) is 0 Å². The third kappa shape index (κ3) is 3.59. The molecule has 0 heterocycles. The van der Waals surface area contributed by atoms with Gasteiger partial charge in [-0.1, -0.05) is 19.1 Å². The fraction of sp³-hybridized carbons (Fsp3) is 0.200. The number of benzene rings is 2. The van der Waals surface area contributed by atoms with Crippen molar-refractivity contribution in [2.24, 2.45) is 5.73 Å². The maximum Gasteiger partial charge on any atom is 0.261 e. The maximum absolute atomic E-state index is 13.1. The lowest BCUT2D eigenvalue weighted by molar-refractivity contribution is 0.601. The summed E-state index contributed by atoms with van der Waals surface area (Å²) in [4.78, 5) is 0.115.